The lowest BCUT2D eigenvalue weighted by atomic mass is 10.3. The highest BCUT2D eigenvalue weighted by molar-refractivity contribution is 6.20. The van der Waals surface area contributed by atoms with Crippen molar-refractivity contribution in [1.82, 2.24) is 19.5 Å². The first-order valence-corrected chi connectivity index (χ1v) is 6.87. The fraction of sp³-hybridized carbons (Fsp3) is 0.357. The summed E-state index contributed by atoms with van der Waals surface area (Å²) in [5.41, 5.74) is 2.76. The Balaban J connectivity index is 2.16. The molecule has 1 unspecified atom stereocenters. The van der Waals surface area contributed by atoms with Crippen LogP contribution in [0.15, 0.2) is 22.9 Å². The summed E-state index contributed by atoms with van der Waals surface area (Å²) in [7, 11) is 0. The largest absolute Gasteiger partial charge is 0.444 e. The molecule has 6 heteroatoms. The van der Waals surface area contributed by atoms with Crippen LogP contribution in [0.3, 0.4) is 0 Å². The Bertz CT molecular complexity index is 760. The molecule has 0 aliphatic heterocycles. The van der Waals surface area contributed by atoms with E-state index in [1.54, 1.807) is 12.4 Å². The molecular weight excluding hydrogens is 276 g/mol. The van der Waals surface area contributed by atoms with Gasteiger partial charge in [0.1, 0.15) is 23.6 Å². The van der Waals surface area contributed by atoms with Crippen LogP contribution in [0, 0.1) is 13.8 Å². The minimum atomic E-state index is -0.209. The van der Waals surface area contributed by atoms with Gasteiger partial charge in [-0.25, -0.2) is 15.0 Å². The molecule has 3 aromatic heterocycles. The number of pyridine rings is 1. The minimum absolute atomic E-state index is 0.209. The van der Waals surface area contributed by atoms with Gasteiger partial charge in [0.15, 0.2) is 5.65 Å². The average Bonchev–Trinajstić information content (AvgIpc) is 2.96. The van der Waals surface area contributed by atoms with Gasteiger partial charge in [0.05, 0.1) is 11.6 Å². The van der Waals surface area contributed by atoms with Crippen LogP contribution in [0.1, 0.15) is 35.3 Å². The Hall–Kier alpha value is -1.88. The maximum Gasteiger partial charge on any atom is 0.214 e. The molecule has 104 valence electrons. The van der Waals surface area contributed by atoms with Crippen molar-refractivity contribution < 1.29 is 4.42 Å². The number of fused-ring (bicyclic) bond motifs is 1. The molecule has 0 amide bonds. The molecule has 1 atom stereocenters. The molecule has 3 heterocycles. The number of hydrogen-bond donors (Lipinski definition) is 0. The number of halogens is 1. The van der Waals surface area contributed by atoms with Crippen molar-refractivity contribution in [3.8, 4) is 0 Å². The van der Waals surface area contributed by atoms with E-state index in [9.17, 15) is 0 Å². The highest BCUT2D eigenvalue weighted by Crippen LogP contribution is 2.25. The van der Waals surface area contributed by atoms with Gasteiger partial charge < -0.3 is 8.98 Å². The molecule has 0 radical (unpaired) electrons. The van der Waals surface area contributed by atoms with Crippen LogP contribution in [0.5, 0.6) is 0 Å². The Morgan fingerprint density at radius 3 is 2.80 bits per heavy atom. The van der Waals surface area contributed by atoms with Crippen molar-refractivity contribution in [2.75, 3.05) is 0 Å². The monoisotopic (exact) mass is 290 g/mol. The smallest absolute Gasteiger partial charge is 0.214 e. The topological polar surface area (TPSA) is 56.7 Å². The number of imidazole rings is 1. The second kappa shape index (κ2) is 4.90. The molecule has 20 heavy (non-hydrogen) atoms. The lowest BCUT2D eigenvalue weighted by molar-refractivity contribution is 0.455. The van der Waals surface area contributed by atoms with E-state index in [0.29, 0.717) is 12.4 Å². The molecule has 3 aromatic rings. The standard InChI is InChI=1S/C14H15ClN4O/c1-8-4-5-16-14-12(8)18-13(10(3)15)19(14)7-11-17-6-9(2)20-11/h4-6,10H,7H2,1-3H3. The summed E-state index contributed by atoms with van der Waals surface area (Å²) in [6.45, 7) is 6.26. The number of hydrogen-bond acceptors (Lipinski definition) is 4. The fourth-order valence-electron chi connectivity index (χ4n) is 2.22. The van der Waals surface area contributed by atoms with Crippen molar-refractivity contribution in [3.05, 3.63) is 41.5 Å². The van der Waals surface area contributed by atoms with Gasteiger partial charge in [0, 0.05) is 6.20 Å². The third-order valence-electron chi connectivity index (χ3n) is 3.18. The van der Waals surface area contributed by atoms with E-state index in [-0.39, 0.29) is 5.38 Å². The Morgan fingerprint density at radius 2 is 2.15 bits per heavy atom. The van der Waals surface area contributed by atoms with Crippen LogP contribution in [0.2, 0.25) is 0 Å². The Kier molecular flexibility index (Phi) is 3.22. The third kappa shape index (κ3) is 2.18. The van der Waals surface area contributed by atoms with Gasteiger partial charge in [0.25, 0.3) is 0 Å². The van der Waals surface area contributed by atoms with Gasteiger partial charge in [-0.05, 0) is 32.4 Å². The quantitative estimate of drug-likeness (QED) is 0.694. The Labute approximate surface area is 121 Å². The zero-order valence-electron chi connectivity index (χ0n) is 11.6. The number of oxazole rings is 1. The van der Waals surface area contributed by atoms with Gasteiger partial charge in [-0.3, -0.25) is 0 Å². The molecule has 0 saturated carbocycles. The van der Waals surface area contributed by atoms with Crippen LogP contribution in [0.4, 0.5) is 0 Å². The van der Waals surface area contributed by atoms with E-state index in [1.165, 1.54) is 0 Å². The van der Waals surface area contributed by atoms with Gasteiger partial charge in [-0.15, -0.1) is 11.6 Å². The predicted molar refractivity (Wildman–Crippen MR) is 76.9 cm³/mol. The highest BCUT2D eigenvalue weighted by atomic mass is 35.5. The summed E-state index contributed by atoms with van der Waals surface area (Å²) in [4.78, 5) is 13.3. The first-order valence-electron chi connectivity index (χ1n) is 6.43. The zero-order chi connectivity index (χ0) is 14.3. The Morgan fingerprint density at radius 1 is 1.35 bits per heavy atom. The zero-order valence-corrected chi connectivity index (χ0v) is 12.3. The van der Waals surface area contributed by atoms with Crippen molar-refractivity contribution in [2.24, 2.45) is 0 Å². The van der Waals surface area contributed by atoms with Crippen LogP contribution in [-0.2, 0) is 6.54 Å². The summed E-state index contributed by atoms with van der Waals surface area (Å²) in [6, 6.07) is 1.94. The predicted octanol–water partition coefficient (Wildman–Crippen LogP) is 3.38. The third-order valence-corrected chi connectivity index (χ3v) is 3.38. The van der Waals surface area contributed by atoms with E-state index < -0.39 is 0 Å². The molecule has 0 N–H and O–H groups in total. The number of rotatable bonds is 3. The summed E-state index contributed by atoms with van der Waals surface area (Å²) in [6.07, 6.45) is 3.48. The summed E-state index contributed by atoms with van der Waals surface area (Å²) >= 11 is 6.24. The molecule has 5 nitrogen and oxygen atoms in total. The second-order valence-corrected chi connectivity index (χ2v) is 5.49. The summed E-state index contributed by atoms with van der Waals surface area (Å²) < 4.78 is 7.50. The van der Waals surface area contributed by atoms with Crippen LogP contribution in [-0.4, -0.2) is 19.5 Å². The summed E-state index contributed by atoms with van der Waals surface area (Å²) in [5, 5.41) is -0.209. The molecule has 0 saturated heterocycles. The molecule has 0 aliphatic rings. The van der Waals surface area contributed by atoms with Gasteiger partial charge >= 0.3 is 0 Å². The fourth-order valence-corrected chi connectivity index (χ4v) is 2.39. The van der Waals surface area contributed by atoms with E-state index in [1.807, 2.05) is 31.4 Å². The molecule has 0 spiro atoms. The van der Waals surface area contributed by atoms with Gasteiger partial charge in [0.2, 0.25) is 5.89 Å². The lowest BCUT2D eigenvalue weighted by Crippen LogP contribution is -2.06. The van der Waals surface area contributed by atoms with Crippen molar-refractivity contribution in [1.29, 1.82) is 0 Å². The number of alkyl halides is 1. The molecular formula is C14H15ClN4O. The van der Waals surface area contributed by atoms with Gasteiger partial charge in [-0.2, -0.15) is 0 Å². The van der Waals surface area contributed by atoms with Crippen molar-refractivity contribution in [3.63, 3.8) is 0 Å². The molecule has 0 fully saturated rings. The number of aromatic nitrogens is 4. The molecule has 0 aliphatic carbocycles. The molecule has 0 aromatic carbocycles. The van der Waals surface area contributed by atoms with Crippen molar-refractivity contribution in [2.45, 2.75) is 32.7 Å². The number of nitrogens with zero attached hydrogens (tertiary/aromatic N) is 4. The van der Waals surface area contributed by atoms with E-state index >= 15 is 0 Å². The lowest BCUT2D eigenvalue weighted by Gasteiger charge is -2.07. The van der Waals surface area contributed by atoms with E-state index in [0.717, 1.165) is 28.3 Å². The highest BCUT2D eigenvalue weighted by Gasteiger charge is 2.18. The maximum atomic E-state index is 6.24. The maximum absolute atomic E-state index is 6.24. The second-order valence-electron chi connectivity index (χ2n) is 4.84. The first-order chi connectivity index (χ1) is 9.56. The number of aryl methyl sites for hydroxylation is 2. The van der Waals surface area contributed by atoms with Gasteiger partial charge in [-0.1, -0.05) is 0 Å². The normalized spacial score (nSPS) is 13.0. The first kappa shape index (κ1) is 13.1. The van der Waals surface area contributed by atoms with E-state index in [2.05, 4.69) is 15.0 Å². The summed E-state index contributed by atoms with van der Waals surface area (Å²) in [5.74, 6) is 2.19. The van der Waals surface area contributed by atoms with Crippen LogP contribution in [0.25, 0.3) is 11.2 Å². The average molecular weight is 291 g/mol. The van der Waals surface area contributed by atoms with Crippen LogP contribution < -0.4 is 0 Å². The minimum Gasteiger partial charge on any atom is -0.444 e. The van der Waals surface area contributed by atoms with Crippen molar-refractivity contribution >= 4 is 22.8 Å². The van der Waals surface area contributed by atoms with Crippen LogP contribution >= 0.6 is 11.6 Å². The SMILES string of the molecule is Cc1cnc(Cn2c(C(C)Cl)nc3c(C)ccnc32)o1. The van der Waals surface area contributed by atoms with E-state index in [4.69, 9.17) is 16.0 Å². The molecule has 0 bridgehead atoms. The molecule has 3 rings (SSSR count).